The first-order valence-electron chi connectivity index (χ1n) is 11.3. The molecule has 3 aromatic rings. The summed E-state index contributed by atoms with van der Waals surface area (Å²) in [5.41, 5.74) is 2.08. The highest BCUT2D eigenvalue weighted by molar-refractivity contribution is 9.10. The van der Waals surface area contributed by atoms with Gasteiger partial charge in [-0.25, -0.2) is 0 Å². The SMILES string of the molecule is CCCCNC(=O)C(C)N(Cc1cccc(C)c1)C(=O)COc1ccc2ccccc2c1Br. The Morgan fingerprint density at radius 1 is 1.09 bits per heavy atom. The lowest BCUT2D eigenvalue weighted by molar-refractivity contribution is -0.142. The standard InChI is InChI=1S/C27H31BrN2O3/c1-4-5-15-29-27(32)20(3)30(17-21-10-8-9-19(2)16-21)25(31)18-33-24-14-13-22-11-6-7-12-23(22)26(24)28/h6-14,16,20H,4-5,15,17-18H2,1-3H3,(H,29,32). The third kappa shape index (κ3) is 6.57. The first-order chi connectivity index (χ1) is 15.9. The minimum atomic E-state index is -0.612. The monoisotopic (exact) mass is 510 g/mol. The van der Waals surface area contributed by atoms with Crippen LogP contribution in [0.4, 0.5) is 0 Å². The molecule has 3 rings (SSSR count). The highest BCUT2D eigenvalue weighted by atomic mass is 79.9. The maximum absolute atomic E-state index is 13.3. The van der Waals surface area contributed by atoms with Crippen molar-refractivity contribution in [2.24, 2.45) is 0 Å². The number of ether oxygens (including phenoxy) is 1. The van der Waals surface area contributed by atoms with Crippen LogP contribution in [-0.2, 0) is 16.1 Å². The molecular formula is C27H31BrN2O3. The molecule has 1 unspecified atom stereocenters. The molecule has 3 aromatic carbocycles. The predicted octanol–water partition coefficient (Wildman–Crippen LogP) is 5.62. The van der Waals surface area contributed by atoms with E-state index in [1.807, 2.05) is 67.6 Å². The van der Waals surface area contributed by atoms with Gasteiger partial charge in [-0.15, -0.1) is 0 Å². The summed E-state index contributed by atoms with van der Waals surface area (Å²) in [5.74, 6) is 0.198. The van der Waals surface area contributed by atoms with Gasteiger partial charge in [0.2, 0.25) is 5.91 Å². The van der Waals surface area contributed by atoms with Gasteiger partial charge in [0, 0.05) is 13.1 Å². The fourth-order valence-corrected chi connectivity index (χ4v) is 4.28. The number of hydrogen-bond acceptors (Lipinski definition) is 3. The molecule has 0 aliphatic rings. The number of nitrogens with zero attached hydrogens (tertiary/aromatic N) is 1. The molecule has 6 heteroatoms. The Morgan fingerprint density at radius 2 is 1.88 bits per heavy atom. The topological polar surface area (TPSA) is 58.6 Å². The summed E-state index contributed by atoms with van der Waals surface area (Å²) in [6, 6.07) is 19.1. The number of amides is 2. The van der Waals surface area contributed by atoms with Crippen LogP contribution in [0, 0.1) is 6.92 Å². The average molecular weight is 511 g/mol. The van der Waals surface area contributed by atoms with E-state index in [4.69, 9.17) is 4.74 Å². The second kappa shape index (κ2) is 11.8. The van der Waals surface area contributed by atoms with Crippen molar-refractivity contribution in [1.82, 2.24) is 10.2 Å². The number of carbonyl (C=O) groups is 2. The van der Waals surface area contributed by atoms with E-state index in [0.717, 1.165) is 39.2 Å². The Hall–Kier alpha value is -2.86. The lowest BCUT2D eigenvalue weighted by Gasteiger charge is -2.29. The van der Waals surface area contributed by atoms with E-state index >= 15 is 0 Å². The Balaban J connectivity index is 1.76. The van der Waals surface area contributed by atoms with Crippen molar-refractivity contribution in [2.75, 3.05) is 13.2 Å². The molecule has 0 aromatic heterocycles. The van der Waals surface area contributed by atoms with Crippen LogP contribution < -0.4 is 10.1 Å². The van der Waals surface area contributed by atoms with Crippen LogP contribution in [0.1, 0.15) is 37.8 Å². The van der Waals surface area contributed by atoms with Crippen molar-refractivity contribution < 1.29 is 14.3 Å². The normalized spacial score (nSPS) is 11.8. The van der Waals surface area contributed by atoms with Gasteiger partial charge in [-0.1, -0.05) is 73.5 Å². The lowest BCUT2D eigenvalue weighted by atomic mass is 10.1. The third-order valence-corrected chi connectivity index (χ3v) is 6.43. The highest BCUT2D eigenvalue weighted by Gasteiger charge is 2.26. The van der Waals surface area contributed by atoms with Gasteiger partial charge in [-0.3, -0.25) is 9.59 Å². The van der Waals surface area contributed by atoms with Crippen molar-refractivity contribution in [3.05, 3.63) is 76.3 Å². The number of benzene rings is 3. The fraction of sp³-hybridized carbons (Fsp3) is 0.333. The number of rotatable bonds is 10. The van der Waals surface area contributed by atoms with Crippen LogP contribution in [0.5, 0.6) is 5.75 Å². The summed E-state index contributed by atoms with van der Waals surface area (Å²) in [4.78, 5) is 27.6. The number of nitrogens with one attached hydrogen (secondary N) is 1. The van der Waals surface area contributed by atoms with Gasteiger partial charge in [-0.05, 0) is 58.6 Å². The van der Waals surface area contributed by atoms with Crippen LogP contribution in [0.3, 0.4) is 0 Å². The minimum absolute atomic E-state index is 0.156. The molecule has 0 saturated heterocycles. The number of carbonyl (C=O) groups excluding carboxylic acids is 2. The summed E-state index contributed by atoms with van der Waals surface area (Å²) >= 11 is 3.60. The van der Waals surface area contributed by atoms with Gasteiger partial charge in [0.15, 0.2) is 6.61 Å². The van der Waals surface area contributed by atoms with Gasteiger partial charge in [0.1, 0.15) is 11.8 Å². The smallest absolute Gasteiger partial charge is 0.261 e. The fourth-order valence-electron chi connectivity index (χ4n) is 3.67. The molecule has 174 valence electrons. The zero-order chi connectivity index (χ0) is 23.8. The summed E-state index contributed by atoms with van der Waals surface area (Å²) < 4.78 is 6.72. The molecule has 1 atom stereocenters. The molecule has 2 amide bonds. The van der Waals surface area contributed by atoms with E-state index in [1.54, 1.807) is 11.8 Å². The van der Waals surface area contributed by atoms with Crippen molar-refractivity contribution in [1.29, 1.82) is 0 Å². The van der Waals surface area contributed by atoms with E-state index < -0.39 is 6.04 Å². The quantitative estimate of drug-likeness (QED) is 0.360. The number of unbranched alkanes of at least 4 members (excludes halogenated alkanes) is 1. The van der Waals surface area contributed by atoms with Crippen molar-refractivity contribution in [3.63, 3.8) is 0 Å². The number of fused-ring (bicyclic) bond motifs is 1. The highest BCUT2D eigenvalue weighted by Crippen LogP contribution is 2.33. The first-order valence-corrected chi connectivity index (χ1v) is 12.1. The molecule has 33 heavy (non-hydrogen) atoms. The van der Waals surface area contributed by atoms with Crippen molar-refractivity contribution in [3.8, 4) is 5.75 Å². The molecule has 1 N–H and O–H groups in total. The zero-order valence-corrected chi connectivity index (χ0v) is 21.0. The molecule has 0 heterocycles. The van der Waals surface area contributed by atoms with Gasteiger partial charge in [0.05, 0.1) is 4.47 Å². The molecule has 0 spiro atoms. The van der Waals surface area contributed by atoms with E-state index in [9.17, 15) is 9.59 Å². The Bertz CT molecular complexity index is 1120. The molecule has 0 radical (unpaired) electrons. The van der Waals surface area contributed by atoms with Crippen molar-refractivity contribution >= 4 is 38.5 Å². The molecule has 0 aliphatic heterocycles. The average Bonchev–Trinajstić information content (AvgIpc) is 2.82. The number of halogens is 1. The summed E-state index contributed by atoms with van der Waals surface area (Å²) in [6.07, 6.45) is 1.90. The largest absolute Gasteiger partial charge is 0.483 e. The van der Waals surface area contributed by atoms with E-state index in [2.05, 4.69) is 28.2 Å². The second-order valence-electron chi connectivity index (χ2n) is 8.22. The van der Waals surface area contributed by atoms with Gasteiger partial charge in [0.25, 0.3) is 5.91 Å². The number of aryl methyl sites for hydroxylation is 1. The first kappa shape index (κ1) is 24.8. The van der Waals surface area contributed by atoms with E-state index in [-0.39, 0.29) is 18.4 Å². The van der Waals surface area contributed by atoms with Gasteiger partial charge in [-0.2, -0.15) is 0 Å². The zero-order valence-electron chi connectivity index (χ0n) is 19.4. The van der Waals surface area contributed by atoms with Crippen LogP contribution in [0.15, 0.2) is 65.1 Å². The van der Waals surface area contributed by atoms with Crippen LogP contribution >= 0.6 is 15.9 Å². The third-order valence-electron chi connectivity index (χ3n) is 5.61. The summed E-state index contributed by atoms with van der Waals surface area (Å²) in [6.45, 7) is 6.64. The molecule has 0 saturated carbocycles. The Morgan fingerprint density at radius 3 is 2.64 bits per heavy atom. The minimum Gasteiger partial charge on any atom is -0.483 e. The Labute approximate surface area is 204 Å². The molecule has 0 bridgehead atoms. The summed E-state index contributed by atoms with van der Waals surface area (Å²) in [5, 5.41) is 5.04. The molecular weight excluding hydrogens is 480 g/mol. The van der Waals surface area contributed by atoms with E-state index in [0.29, 0.717) is 18.8 Å². The maximum atomic E-state index is 13.3. The maximum Gasteiger partial charge on any atom is 0.261 e. The Kier molecular flexibility index (Phi) is 8.89. The second-order valence-corrected chi connectivity index (χ2v) is 9.01. The van der Waals surface area contributed by atoms with Crippen LogP contribution in [0.25, 0.3) is 10.8 Å². The van der Waals surface area contributed by atoms with Crippen molar-refractivity contribution in [2.45, 2.75) is 46.2 Å². The summed E-state index contributed by atoms with van der Waals surface area (Å²) in [7, 11) is 0. The van der Waals surface area contributed by atoms with Gasteiger partial charge < -0.3 is 15.0 Å². The number of hydrogen-bond donors (Lipinski definition) is 1. The van der Waals surface area contributed by atoms with Crippen LogP contribution in [0.2, 0.25) is 0 Å². The molecule has 0 fully saturated rings. The predicted molar refractivity (Wildman–Crippen MR) is 136 cm³/mol. The molecule has 5 nitrogen and oxygen atoms in total. The van der Waals surface area contributed by atoms with Gasteiger partial charge >= 0.3 is 0 Å². The van der Waals surface area contributed by atoms with E-state index in [1.165, 1.54) is 0 Å². The molecule has 0 aliphatic carbocycles. The lowest BCUT2D eigenvalue weighted by Crippen LogP contribution is -2.49. The van der Waals surface area contributed by atoms with Crippen LogP contribution in [-0.4, -0.2) is 35.9 Å².